The number of nitrogens with one attached hydrogen (secondary N) is 2. The fourth-order valence-corrected chi connectivity index (χ4v) is 7.44. The van der Waals surface area contributed by atoms with Gasteiger partial charge in [-0.25, -0.2) is 21.6 Å². The second-order valence-electron chi connectivity index (χ2n) is 8.05. The van der Waals surface area contributed by atoms with Crippen LogP contribution >= 0.6 is 11.3 Å². The molecule has 1 saturated heterocycles. The Hall–Kier alpha value is -1.79. The minimum absolute atomic E-state index is 0.0896. The smallest absolute Gasteiger partial charge is 0.252 e. The lowest BCUT2D eigenvalue weighted by molar-refractivity contribution is -0.118. The molecular weight excluding hydrogens is 470 g/mol. The van der Waals surface area contributed by atoms with E-state index in [1.807, 2.05) is 0 Å². The fraction of sp³-hybridized carbons (Fsp3) is 0.476. The van der Waals surface area contributed by atoms with Crippen molar-refractivity contribution in [2.75, 3.05) is 18.4 Å². The van der Waals surface area contributed by atoms with Gasteiger partial charge in [0.2, 0.25) is 15.9 Å². The first-order valence-electron chi connectivity index (χ1n) is 10.6. The van der Waals surface area contributed by atoms with Crippen molar-refractivity contribution in [2.45, 2.75) is 54.7 Å². The van der Waals surface area contributed by atoms with Gasteiger partial charge in [0.05, 0.1) is 4.90 Å². The topological polar surface area (TPSA) is 113 Å². The summed E-state index contributed by atoms with van der Waals surface area (Å²) in [7, 11) is -7.31. The Morgan fingerprint density at radius 1 is 1.12 bits per heavy atom. The van der Waals surface area contributed by atoms with Crippen LogP contribution in [0.2, 0.25) is 0 Å². The molecule has 32 heavy (non-hydrogen) atoms. The van der Waals surface area contributed by atoms with E-state index in [1.165, 1.54) is 27.8 Å². The van der Waals surface area contributed by atoms with Crippen molar-refractivity contribution in [1.82, 2.24) is 9.03 Å². The highest BCUT2D eigenvalue weighted by atomic mass is 32.2. The number of amides is 1. The second-order valence-corrected chi connectivity index (χ2v) is 12.9. The number of benzene rings is 1. The van der Waals surface area contributed by atoms with Crippen LogP contribution in [0.4, 0.5) is 5.69 Å². The number of hydrogen-bond donors (Lipinski definition) is 2. The Labute approximate surface area is 194 Å². The van der Waals surface area contributed by atoms with Crippen molar-refractivity contribution >= 4 is 43.0 Å². The van der Waals surface area contributed by atoms with E-state index in [9.17, 15) is 21.6 Å². The molecule has 1 unspecified atom stereocenters. The van der Waals surface area contributed by atoms with Crippen LogP contribution in [0, 0.1) is 5.92 Å². The molecule has 1 aliphatic rings. The number of thiophene rings is 1. The molecule has 176 valence electrons. The maximum Gasteiger partial charge on any atom is 0.252 e. The molecule has 0 bridgehead atoms. The van der Waals surface area contributed by atoms with Crippen LogP contribution in [0.1, 0.15) is 39.5 Å². The van der Waals surface area contributed by atoms with E-state index in [-0.39, 0.29) is 29.3 Å². The molecule has 0 radical (unpaired) electrons. The van der Waals surface area contributed by atoms with Gasteiger partial charge in [-0.2, -0.15) is 4.31 Å². The molecule has 1 amide bonds. The van der Waals surface area contributed by atoms with Crippen LogP contribution in [0.3, 0.4) is 0 Å². The summed E-state index contributed by atoms with van der Waals surface area (Å²) in [5.74, 6) is -0.323. The van der Waals surface area contributed by atoms with Gasteiger partial charge < -0.3 is 5.32 Å². The predicted molar refractivity (Wildman–Crippen MR) is 126 cm³/mol. The van der Waals surface area contributed by atoms with Crippen LogP contribution < -0.4 is 10.0 Å². The summed E-state index contributed by atoms with van der Waals surface area (Å²) in [6.07, 6.45) is 2.81. The summed E-state index contributed by atoms with van der Waals surface area (Å²) in [6, 6.07) is 9.04. The maximum absolute atomic E-state index is 13.0. The van der Waals surface area contributed by atoms with Crippen LogP contribution in [0.25, 0.3) is 0 Å². The minimum atomic E-state index is -3.75. The van der Waals surface area contributed by atoms with Gasteiger partial charge in [-0.05, 0) is 55.0 Å². The standard InChI is InChI=1S/C21H29N3O5S3/c1-16(2)21(25)23-17-8-10-19(11-9-17)31(26,27)22-13-12-18-6-3-4-14-24(18)32(28,29)20-7-5-15-30-20/h5,7-11,15-16,18,22H,3-4,6,12-14H2,1-2H3,(H,23,25). The number of piperidine rings is 1. The first-order valence-corrected chi connectivity index (χ1v) is 14.4. The number of sulfonamides is 2. The van der Waals surface area contributed by atoms with Crippen molar-refractivity contribution in [1.29, 1.82) is 0 Å². The Morgan fingerprint density at radius 3 is 2.47 bits per heavy atom. The van der Waals surface area contributed by atoms with Crippen LogP contribution in [0.5, 0.6) is 0 Å². The SMILES string of the molecule is CC(C)C(=O)Nc1ccc(S(=O)(=O)NCCC2CCCCN2S(=O)(=O)c2cccs2)cc1. The lowest BCUT2D eigenvalue weighted by atomic mass is 10.0. The van der Waals surface area contributed by atoms with Crippen LogP contribution in [-0.2, 0) is 24.8 Å². The van der Waals surface area contributed by atoms with E-state index in [2.05, 4.69) is 10.0 Å². The van der Waals surface area contributed by atoms with Crippen molar-refractivity contribution in [2.24, 2.45) is 5.92 Å². The minimum Gasteiger partial charge on any atom is -0.326 e. The van der Waals surface area contributed by atoms with Gasteiger partial charge in [0, 0.05) is 30.7 Å². The van der Waals surface area contributed by atoms with E-state index < -0.39 is 20.0 Å². The van der Waals surface area contributed by atoms with E-state index in [0.29, 0.717) is 29.3 Å². The molecule has 1 aromatic carbocycles. The fourth-order valence-electron chi connectivity index (χ4n) is 3.55. The predicted octanol–water partition coefficient (Wildman–Crippen LogP) is 3.25. The molecule has 0 aliphatic carbocycles. The monoisotopic (exact) mass is 499 g/mol. The van der Waals surface area contributed by atoms with Crippen molar-refractivity contribution in [3.8, 4) is 0 Å². The zero-order valence-electron chi connectivity index (χ0n) is 18.2. The highest BCUT2D eigenvalue weighted by molar-refractivity contribution is 7.91. The number of rotatable bonds is 9. The van der Waals surface area contributed by atoms with Gasteiger partial charge in [0.15, 0.2) is 0 Å². The lowest BCUT2D eigenvalue weighted by Gasteiger charge is -2.34. The molecule has 1 fully saturated rings. The summed E-state index contributed by atoms with van der Waals surface area (Å²) in [6.45, 7) is 4.13. The number of carbonyl (C=O) groups is 1. The third-order valence-electron chi connectivity index (χ3n) is 5.36. The largest absolute Gasteiger partial charge is 0.326 e. The van der Waals surface area contributed by atoms with Crippen molar-refractivity contribution < 1.29 is 21.6 Å². The highest BCUT2D eigenvalue weighted by Crippen LogP contribution is 2.29. The first kappa shape index (κ1) is 24.8. The summed E-state index contributed by atoms with van der Waals surface area (Å²) in [4.78, 5) is 11.9. The molecule has 0 saturated carbocycles. The molecule has 1 aliphatic heterocycles. The maximum atomic E-state index is 13.0. The molecule has 1 aromatic heterocycles. The summed E-state index contributed by atoms with van der Waals surface area (Å²) >= 11 is 1.19. The summed E-state index contributed by atoms with van der Waals surface area (Å²) in [5, 5.41) is 4.46. The normalized spacial score (nSPS) is 18.0. The number of nitrogens with zero attached hydrogens (tertiary/aromatic N) is 1. The van der Waals surface area contributed by atoms with E-state index >= 15 is 0 Å². The number of hydrogen-bond acceptors (Lipinski definition) is 6. The molecule has 2 aromatic rings. The average Bonchev–Trinajstić information content (AvgIpc) is 3.30. The van der Waals surface area contributed by atoms with Crippen molar-refractivity contribution in [3.63, 3.8) is 0 Å². The van der Waals surface area contributed by atoms with Crippen LogP contribution in [-0.4, -0.2) is 46.2 Å². The second kappa shape index (κ2) is 10.4. The third kappa shape index (κ3) is 5.96. The highest BCUT2D eigenvalue weighted by Gasteiger charge is 2.34. The van der Waals surface area contributed by atoms with Gasteiger partial charge in [0.1, 0.15) is 4.21 Å². The molecule has 1 atom stereocenters. The molecular formula is C21H29N3O5S3. The Bertz CT molecular complexity index is 1110. The van der Waals surface area contributed by atoms with E-state index in [0.717, 1.165) is 12.8 Å². The summed E-state index contributed by atoms with van der Waals surface area (Å²) < 4.78 is 55.6. The van der Waals surface area contributed by atoms with Gasteiger partial charge in [-0.15, -0.1) is 11.3 Å². The molecule has 3 rings (SSSR count). The quantitative estimate of drug-likeness (QED) is 0.550. The Kier molecular flexibility index (Phi) is 8.10. The third-order valence-corrected chi connectivity index (χ3v) is 10.2. The summed E-state index contributed by atoms with van der Waals surface area (Å²) in [5.41, 5.74) is 0.527. The first-order chi connectivity index (χ1) is 15.1. The average molecular weight is 500 g/mol. The molecule has 11 heteroatoms. The lowest BCUT2D eigenvalue weighted by Crippen LogP contribution is -2.44. The molecule has 2 N–H and O–H groups in total. The molecule has 2 heterocycles. The van der Waals surface area contributed by atoms with Gasteiger partial charge in [-0.1, -0.05) is 26.3 Å². The molecule has 0 spiro atoms. The molecule has 8 nitrogen and oxygen atoms in total. The zero-order valence-corrected chi connectivity index (χ0v) is 20.6. The van der Waals surface area contributed by atoms with Crippen LogP contribution in [0.15, 0.2) is 50.9 Å². The van der Waals surface area contributed by atoms with E-state index in [4.69, 9.17) is 0 Å². The number of anilines is 1. The zero-order chi connectivity index (χ0) is 23.4. The van der Waals surface area contributed by atoms with Crippen molar-refractivity contribution in [3.05, 3.63) is 41.8 Å². The van der Waals surface area contributed by atoms with E-state index in [1.54, 1.807) is 43.5 Å². The van der Waals surface area contributed by atoms with Gasteiger partial charge in [-0.3, -0.25) is 4.79 Å². The Morgan fingerprint density at radius 2 is 1.84 bits per heavy atom. The van der Waals surface area contributed by atoms with Gasteiger partial charge in [0.25, 0.3) is 10.0 Å². The van der Waals surface area contributed by atoms with Gasteiger partial charge >= 0.3 is 0 Å². The number of carbonyl (C=O) groups excluding carboxylic acids is 1. The Balaban J connectivity index is 1.61.